The van der Waals surface area contributed by atoms with E-state index in [2.05, 4.69) is 18.9 Å². The van der Waals surface area contributed by atoms with Crippen LogP contribution in [0.3, 0.4) is 0 Å². The second-order valence-corrected chi connectivity index (χ2v) is 5.31. The molecule has 0 aromatic heterocycles. The zero-order chi connectivity index (χ0) is 13.1. The van der Waals surface area contributed by atoms with Crippen molar-refractivity contribution in [2.24, 2.45) is 0 Å². The number of likely N-dealkylation sites (N-methyl/N-ethyl adjacent to an activating group) is 1. The highest BCUT2D eigenvalue weighted by Crippen LogP contribution is 2.29. The highest BCUT2D eigenvalue weighted by atomic mass is 16.5. The van der Waals surface area contributed by atoms with E-state index in [0.29, 0.717) is 11.9 Å². The molecule has 1 N–H and O–H groups in total. The van der Waals surface area contributed by atoms with Gasteiger partial charge in [-0.25, -0.2) is 0 Å². The molecular formula is C15H23NO2. The molecule has 1 aromatic rings. The van der Waals surface area contributed by atoms with Crippen molar-refractivity contribution in [3.8, 4) is 5.75 Å². The molecule has 0 saturated carbocycles. The minimum absolute atomic E-state index is 0.204. The van der Waals surface area contributed by atoms with Gasteiger partial charge in [0, 0.05) is 24.8 Å². The van der Waals surface area contributed by atoms with Crippen molar-refractivity contribution in [1.29, 1.82) is 0 Å². The third-order valence-electron chi connectivity index (χ3n) is 3.81. The van der Waals surface area contributed by atoms with E-state index in [0.717, 1.165) is 30.7 Å². The first-order valence-corrected chi connectivity index (χ1v) is 6.69. The number of rotatable bonds is 4. The Hall–Kier alpha value is -1.06. The van der Waals surface area contributed by atoms with E-state index in [-0.39, 0.29) is 6.04 Å². The summed E-state index contributed by atoms with van der Waals surface area (Å²) >= 11 is 0. The minimum atomic E-state index is 0.204. The van der Waals surface area contributed by atoms with E-state index < -0.39 is 0 Å². The smallest absolute Gasteiger partial charge is 0.120 e. The number of phenolic OH excluding ortho intramolecular Hbond substituents is 1. The van der Waals surface area contributed by atoms with E-state index in [4.69, 9.17) is 4.74 Å². The molecule has 18 heavy (non-hydrogen) atoms. The molecule has 0 spiro atoms. The summed E-state index contributed by atoms with van der Waals surface area (Å²) in [6, 6.07) is 6.09. The number of nitrogens with zero attached hydrogens (tertiary/aromatic N) is 1. The van der Waals surface area contributed by atoms with Gasteiger partial charge < -0.3 is 9.84 Å². The lowest BCUT2D eigenvalue weighted by Gasteiger charge is -2.28. The fourth-order valence-corrected chi connectivity index (χ4v) is 2.51. The summed E-state index contributed by atoms with van der Waals surface area (Å²) in [6.07, 6.45) is 2.67. The Kier molecular flexibility index (Phi) is 4.25. The number of aryl methyl sites for hydroxylation is 1. The van der Waals surface area contributed by atoms with Crippen molar-refractivity contribution in [2.45, 2.75) is 38.8 Å². The molecule has 1 aromatic carbocycles. The molecule has 0 radical (unpaired) electrons. The lowest BCUT2D eigenvalue weighted by Crippen LogP contribution is -2.31. The van der Waals surface area contributed by atoms with Crippen molar-refractivity contribution in [2.75, 3.05) is 20.2 Å². The van der Waals surface area contributed by atoms with E-state index in [9.17, 15) is 5.11 Å². The molecule has 0 bridgehead atoms. The van der Waals surface area contributed by atoms with Crippen LogP contribution in [0.5, 0.6) is 5.75 Å². The molecule has 1 heterocycles. The Labute approximate surface area is 109 Å². The van der Waals surface area contributed by atoms with Crippen LogP contribution in [0.2, 0.25) is 0 Å². The van der Waals surface area contributed by atoms with Crippen LogP contribution < -0.4 is 0 Å². The summed E-state index contributed by atoms with van der Waals surface area (Å²) in [5, 5.41) is 10.0. The molecule has 2 unspecified atom stereocenters. The first kappa shape index (κ1) is 13.4. The van der Waals surface area contributed by atoms with Gasteiger partial charge in [0.25, 0.3) is 0 Å². The third-order valence-corrected chi connectivity index (χ3v) is 3.81. The first-order valence-electron chi connectivity index (χ1n) is 6.69. The molecule has 3 heteroatoms. The van der Waals surface area contributed by atoms with Crippen molar-refractivity contribution in [3.05, 3.63) is 29.3 Å². The lowest BCUT2D eigenvalue weighted by atomic mass is 10.0. The summed E-state index contributed by atoms with van der Waals surface area (Å²) in [5.74, 6) is 0.390. The second kappa shape index (κ2) is 5.72. The quantitative estimate of drug-likeness (QED) is 0.890. The number of ether oxygens (including phenoxy) is 1. The maximum atomic E-state index is 10.0. The standard InChI is InChI=1S/C15H23NO2/c1-11-6-7-14(15(17)9-11)12(2)16(3)10-13-5-4-8-18-13/h6-7,9,12-13,17H,4-5,8,10H2,1-3H3. The molecule has 1 fully saturated rings. The number of aromatic hydroxyl groups is 1. The van der Waals surface area contributed by atoms with Gasteiger partial charge in [0.2, 0.25) is 0 Å². The van der Waals surface area contributed by atoms with Gasteiger partial charge in [0.05, 0.1) is 6.10 Å². The molecular weight excluding hydrogens is 226 g/mol. The third kappa shape index (κ3) is 3.03. The van der Waals surface area contributed by atoms with Gasteiger partial charge in [-0.05, 0) is 45.4 Å². The SMILES string of the molecule is Cc1ccc(C(C)N(C)CC2CCCO2)c(O)c1. The van der Waals surface area contributed by atoms with E-state index in [1.807, 2.05) is 25.1 Å². The van der Waals surface area contributed by atoms with Crippen LogP contribution in [-0.2, 0) is 4.74 Å². The molecule has 2 rings (SSSR count). The highest BCUT2D eigenvalue weighted by Gasteiger charge is 2.21. The van der Waals surface area contributed by atoms with Crippen LogP contribution in [0.15, 0.2) is 18.2 Å². The zero-order valence-corrected chi connectivity index (χ0v) is 11.5. The molecule has 3 nitrogen and oxygen atoms in total. The Morgan fingerprint density at radius 3 is 2.89 bits per heavy atom. The molecule has 0 aliphatic carbocycles. The summed E-state index contributed by atoms with van der Waals surface area (Å²) in [5.41, 5.74) is 2.08. The van der Waals surface area contributed by atoms with Gasteiger partial charge in [-0.1, -0.05) is 12.1 Å². The van der Waals surface area contributed by atoms with Crippen molar-refractivity contribution in [3.63, 3.8) is 0 Å². The van der Waals surface area contributed by atoms with E-state index in [1.165, 1.54) is 6.42 Å². The Morgan fingerprint density at radius 1 is 1.50 bits per heavy atom. The number of benzene rings is 1. The number of hydrogen-bond donors (Lipinski definition) is 1. The van der Waals surface area contributed by atoms with Crippen LogP contribution in [0, 0.1) is 6.92 Å². The average molecular weight is 249 g/mol. The Balaban J connectivity index is 2.02. The molecule has 1 aliphatic rings. The normalized spacial score (nSPS) is 21.4. The van der Waals surface area contributed by atoms with E-state index in [1.54, 1.807) is 0 Å². The summed E-state index contributed by atoms with van der Waals surface area (Å²) in [4.78, 5) is 2.25. The van der Waals surface area contributed by atoms with Gasteiger partial charge in [0.15, 0.2) is 0 Å². The largest absolute Gasteiger partial charge is 0.508 e. The topological polar surface area (TPSA) is 32.7 Å². The Morgan fingerprint density at radius 2 is 2.28 bits per heavy atom. The highest BCUT2D eigenvalue weighted by molar-refractivity contribution is 5.37. The van der Waals surface area contributed by atoms with Crippen molar-refractivity contribution < 1.29 is 9.84 Å². The van der Waals surface area contributed by atoms with Gasteiger partial charge >= 0.3 is 0 Å². The van der Waals surface area contributed by atoms with Crippen molar-refractivity contribution >= 4 is 0 Å². The van der Waals surface area contributed by atoms with Crippen LogP contribution >= 0.6 is 0 Å². The lowest BCUT2D eigenvalue weighted by molar-refractivity contribution is 0.0700. The zero-order valence-electron chi connectivity index (χ0n) is 11.5. The second-order valence-electron chi connectivity index (χ2n) is 5.31. The average Bonchev–Trinajstić information content (AvgIpc) is 2.81. The van der Waals surface area contributed by atoms with Crippen LogP contribution in [0.1, 0.15) is 36.9 Å². The van der Waals surface area contributed by atoms with Crippen molar-refractivity contribution in [1.82, 2.24) is 4.90 Å². The molecule has 0 amide bonds. The molecule has 1 saturated heterocycles. The predicted molar refractivity (Wildman–Crippen MR) is 72.9 cm³/mol. The molecule has 100 valence electrons. The summed E-state index contributed by atoms with van der Waals surface area (Å²) in [6.45, 7) is 5.93. The molecule has 1 aliphatic heterocycles. The summed E-state index contributed by atoms with van der Waals surface area (Å²) in [7, 11) is 2.09. The van der Waals surface area contributed by atoms with Gasteiger partial charge in [-0.3, -0.25) is 4.90 Å². The monoisotopic (exact) mass is 249 g/mol. The number of phenols is 1. The van der Waals surface area contributed by atoms with Gasteiger partial charge in [0.1, 0.15) is 5.75 Å². The van der Waals surface area contributed by atoms with Crippen LogP contribution in [0.25, 0.3) is 0 Å². The van der Waals surface area contributed by atoms with Crippen LogP contribution in [0.4, 0.5) is 0 Å². The number of hydrogen-bond acceptors (Lipinski definition) is 3. The molecule has 2 atom stereocenters. The fraction of sp³-hybridized carbons (Fsp3) is 0.600. The fourth-order valence-electron chi connectivity index (χ4n) is 2.51. The van der Waals surface area contributed by atoms with Crippen LogP contribution in [-0.4, -0.2) is 36.3 Å². The predicted octanol–water partition coefficient (Wildman–Crippen LogP) is 2.87. The van der Waals surface area contributed by atoms with Gasteiger partial charge in [-0.15, -0.1) is 0 Å². The van der Waals surface area contributed by atoms with E-state index >= 15 is 0 Å². The van der Waals surface area contributed by atoms with Gasteiger partial charge in [-0.2, -0.15) is 0 Å². The summed E-state index contributed by atoms with van der Waals surface area (Å²) < 4.78 is 5.65. The first-order chi connectivity index (χ1) is 8.58. The minimum Gasteiger partial charge on any atom is -0.508 e. The maximum Gasteiger partial charge on any atom is 0.120 e. The maximum absolute atomic E-state index is 10.0. The Bertz CT molecular complexity index is 399.